The first-order valence-electron chi connectivity index (χ1n) is 8.42. The molecule has 0 radical (unpaired) electrons. The number of nitro benzene ring substituents is 2. The summed E-state index contributed by atoms with van der Waals surface area (Å²) >= 11 is 0. The molecule has 0 aliphatic rings. The van der Waals surface area contributed by atoms with Crippen LogP contribution in [0.25, 0.3) is 21.8 Å². The van der Waals surface area contributed by atoms with Crippen molar-refractivity contribution in [1.82, 2.24) is 4.98 Å². The summed E-state index contributed by atoms with van der Waals surface area (Å²) < 4.78 is 0. The molecule has 1 aromatic heterocycles. The van der Waals surface area contributed by atoms with E-state index in [2.05, 4.69) is 10.3 Å². The van der Waals surface area contributed by atoms with Crippen molar-refractivity contribution in [2.75, 3.05) is 16.8 Å². The molecule has 0 saturated heterocycles. The Hall–Kier alpha value is -4.47. The third-order valence-electron chi connectivity index (χ3n) is 4.52. The number of hydrogen-bond acceptors (Lipinski definition) is 8. The topological polar surface area (TPSA) is 163 Å². The minimum Gasteiger partial charge on any atom is -0.397 e. The van der Waals surface area contributed by atoms with Gasteiger partial charge in [-0.3, -0.25) is 20.2 Å². The third-order valence-corrected chi connectivity index (χ3v) is 4.52. The molecule has 0 atom stereocenters. The number of nitrogens with one attached hydrogen (secondary N) is 1. The fourth-order valence-corrected chi connectivity index (χ4v) is 3.08. The highest BCUT2D eigenvalue weighted by atomic mass is 16.6. The van der Waals surface area contributed by atoms with Crippen molar-refractivity contribution in [3.63, 3.8) is 0 Å². The SMILES string of the molecule is Nc1ccc(Nc2c3ccc([N+](=O)[O-])cc3nc3cc([N+](=O)[O-])ccc23)cc1N. The monoisotopic (exact) mass is 390 g/mol. The van der Waals surface area contributed by atoms with Crippen molar-refractivity contribution < 1.29 is 9.85 Å². The summed E-state index contributed by atoms with van der Waals surface area (Å²) in [6.45, 7) is 0. The summed E-state index contributed by atoms with van der Waals surface area (Å²) in [6, 6.07) is 13.6. The van der Waals surface area contributed by atoms with Gasteiger partial charge in [-0.1, -0.05) is 0 Å². The van der Waals surface area contributed by atoms with E-state index in [0.29, 0.717) is 44.6 Å². The van der Waals surface area contributed by atoms with Gasteiger partial charge >= 0.3 is 0 Å². The van der Waals surface area contributed by atoms with Crippen LogP contribution in [0.15, 0.2) is 54.6 Å². The Morgan fingerprint density at radius 3 is 1.79 bits per heavy atom. The molecule has 10 heteroatoms. The van der Waals surface area contributed by atoms with E-state index in [0.717, 1.165) is 0 Å². The van der Waals surface area contributed by atoms with E-state index in [1.165, 1.54) is 24.3 Å². The first-order valence-corrected chi connectivity index (χ1v) is 8.42. The second-order valence-corrected chi connectivity index (χ2v) is 6.37. The molecule has 10 nitrogen and oxygen atoms in total. The summed E-state index contributed by atoms with van der Waals surface area (Å²) in [7, 11) is 0. The molecular weight excluding hydrogens is 376 g/mol. The van der Waals surface area contributed by atoms with Crippen LogP contribution in [0.1, 0.15) is 0 Å². The lowest BCUT2D eigenvalue weighted by Crippen LogP contribution is -1.99. The molecule has 0 fully saturated rings. The van der Waals surface area contributed by atoms with Gasteiger partial charge < -0.3 is 16.8 Å². The summed E-state index contributed by atoms with van der Waals surface area (Å²) in [5.74, 6) is 0. The fourth-order valence-electron chi connectivity index (χ4n) is 3.08. The van der Waals surface area contributed by atoms with Crippen LogP contribution in [0.5, 0.6) is 0 Å². The first kappa shape index (κ1) is 17.9. The van der Waals surface area contributed by atoms with E-state index in [1.54, 1.807) is 30.3 Å². The van der Waals surface area contributed by atoms with Crippen molar-refractivity contribution in [1.29, 1.82) is 0 Å². The molecular formula is C19H14N6O4. The van der Waals surface area contributed by atoms with Gasteiger partial charge in [-0.15, -0.1) is 0 Å². The summed E-state index contributed by atoms with van der Waals surface area (Å²) in [5, 5.41) is 26.8. The molecule has 3 aromatic carbocycles. The summed E-state index contributed by atoms with van der Waals surface area (Å²) in [6.07, 6.45) is 0. The number of benzene rings is 3. The molecule has 0 aliphatic carbocycles. The van der Waals surface area contributed by atoms with E-state index < -0.39 is 9.85 Å². The highest BCUT2D eigenvalue weighted by Crippen LogP contribution is 2.36. The van der Waals surface area contributed by atoms with Crippen LogP contribution in [0.3, 0.4) is 0 Å². The molecule has 1 heterocycles. The zero-order valence-electron chi connectivity index (χ0n) is 14.8. The van der Waals surface area contributed by atoms with Crippen LogP contribution < -0.4 is 16.8 Å². The molecule has 0 bridgehead atoms. The van der Waals surface area contributed by atoms with Crippen LogP contribution in [-0.4, -0.2) is 14.8 Å². The first-order chi connectivity index (χ1) is 13.8. The van der Waals surface area contributed by atoms with Crippen LogP contribution in [0, 0.1) is 20.2 Å². The summed E-state index contributed by atoms with van der Waals surface area (Å²) in [5.41, 5.74) is 14.1. The number of nitro groups is 2. The molecule has 144 valence electrons. The average Bonchev–Trinajstić information content (AvgIpc) is 2.69. The molecule has 4 rings (SSSR count). The normalized spacial score (nSPS) is 10.9. The quantitative estimate of drug-likeness (QED) is 0.203. The van der Waals surface area contributed by atoms with E-state index in [9.17, 15) is 20.2 Å². The van der Waals surface area contributed by atoms with Gasteiger partial charge in [-0.2, -0.15) is 0 Å². The van der Waals surface area contributed by atoms with Gasteiger partial charge in [0, 0.05) is 40.7 Å². The number of pyridine rings is 1. The number of hydrogen-bond donors (Lipinski definition) is 3. The molecule has 0 aliphatic heterocycles. The molecule has 29 heavy (non-hydrogen) atoms. The minimum absolute atomic E-state index is 0.127. The maximum Gasteiger partial charge on any atom is 0.271 e. The predicted octanol–water partition coefficient (Wildman–Crippen LogP) is 4.11. The number of nitrogen functional groups attached to an aromatic ring is 2. The van der Waals surface area contributed by atoms with Crippen LogP contribution in [0.2, 0.25) is 0 Å². The second kappa shape index (κ2) is 6.60. The van der Waals surface area contributed by atoms with Gasteiger partial charge in [0.1, 0.15) is 0 Å². The number of aromatic nitrogens is 1. The van der Waals surface area contributed by atoms with Crippen molar-refractivity contribution in [2.24, 2.45) is 0 Å². The molecule has 4 aromatic rings. The Balaban J connectivity index is 2.00. The van der Waals surface area contributed by atoms with E-state index in [1.807, 2.05) is 0 Å². The smallest absolute Gasteiger partial charge is 0.271 e. The van der Waals surface area contributed by atoms with E-state index in [-0.39, 0.29) is 11.4 Å². The Kier molecular flexibility index (Phi) is 4.08. The zero-order valence-corrected chi connectivity index (χ0v) is 14.8. The number of non-ortho nitro benzene ring substituents is 2. The lowest BCUT2D eigenvalue weighted by Gasteiger charge is -2.14. The predicted molar refractivity (Wildman–Crippen MR) is 111 cm³/mol. The lowest BCUT2D eigenvalue weighted by atomic mass is 10.1. The number of rotatable bonds is 4. The molecule has 0 spiro atoms. The molecule has 5 N–H and O–H groups in total. The molecule has 0 amide bonds. The van der Waals surface area contributed by atoms with Gasteiger partial charge in [0.2, 0.25) is 0 Å². The van der Waals surface area contributed by atoms with E-state index in [4.69, 9.17) is 11.5 Å². The van der Waals surface area contributed by atoms with E-state index >= 15 is 0 Å². The third kappa shape index (κ3) is 3.18. The lowest BCUT2D eigenvalue weighted by molar-refractivity contribution is -0.384. The van der Waals surface area contributed by atoms with Crippen LogP contribution >= 0.6 is 0 Å². The van der Waals surface area contributed by atoms with Crippen molar-refractivity contribution in [3.05, 3.63) is 74.8 Å². The van der Waals surface area contributed by atoms with Crippen molar-refractivity contribution >= 4 is 55.9 Å². The number of anilines is 4. The van der Waals surface area contributed by atoms with Gasteiger partial charge in [-0.05, 0) is 30.3 Å². The van der Waals surface area contributed by atoms with Gasteiger partial charge in [0.25, 0.3) is 11.4 Å². The minimum atomic E-state index is -0.521. The Morgan fingerprint density at radius 2 is 1.31 bits per heavy atom. The maximum atomic E-state index is 11.1. The number of nitrogens with zero attached hydrogens (tertiary/aromatic N) is 3. The summed E-state index contributed by atoms with van der Waals surface area (Å²) in [4.78, 5) is 25.6. The maximum absolute atomic E-state index is 11.1. The Labute approximate surface area is 163 Å². The molecule has 0 saturated carbocycles. The largest absolute Gasteiger partial charge is 0.397 e. The molecule has 0 unspecified atom stereocenters. The number of fused-ring (bicyclic) bond motifs is 2. The second-order valence-electron chi connectivity index (χ2n) is 6.37. The zero-order chi connectivity index (χ0) is 20.7. The fraction of sp³-hybridized carbons (Fsp3) is 0. The van der Waals surface area contributed by atoms with Gasteiger partial charge in [0.05, 0.1) is 37.9 Å². The van der Waals surface area contributed by atoms with Crippen LogP contribution in [0.4, 0.5) is 34.1 Å². The Bertz CT molecular complexity index is 1250. The van der Waals surface area contributed by atoms with Crippen molar-refractivity contribution in [2.45, 2.75) is 0 Å². The van der Waals surface area contributed by atoms with Crippen molar-refractivity contribution in [3.8, 4) is 0 Å². The van der Waals surface area contributed by atoms with Crippen LogP contribution in [-0.2, 0) is 0 Å². The average molecular weight is 390 g/mol. The standard InChI is InChI=1S/C19H14N6O4/c20-15-6-1-10(7-16(15)21)22-19-13-4-2-11(24(26)27)8-17(13)23-18-9-12(25(28)29)3-5-14(18)19/h1-9H,20-21H2,(H,22,23). The highest BCUT2D eigenvalue weighted by molar-refractivity contribution is 6.09. The number of nitrogens with two attached hydrogens (primary N) is 2. The highest BCUT2D eigenvalue weighted by Gasteiger charge is 2.16. The van der Waals surface area contributed by atoms with Gasteiger partial charge in [0.15, 0.2) is 0 Å². The Morgan fingerprint density at radius 1 is 0.759 bits per heavy atom. The van der Waals surface area contributed by atoms with Gasteiger partial charge in [-0.25, -0.2) is 4.98 Å².